The van der Waals surface area contributed by atoms with Gasteiger partial charge in [-0.15, -0.1) is 11.3 Å². The maximum atomic E-state index is 13.1. The number of halogens is 1. The van der Waals surface area contributed by atoms with Gasteiger partial charge in [0.15, 0.2) is 0 Å². The summed E-state index contributed by atoms with van der Waals surface area (Å²) < 4.78 is 2.27. The first-order chi connectivity index (χ1) is 36.9. The van der Waals surface area contributed by atoms with Crippen molar-refractivity contribution in [3.8, 4) is 16.1 Å². The van der Waals surface area contributed by atoms with Crippen LogP contribution in [0.4, 0.5) is 0 Å². The summed E-state index contributed by atoms with van der Waals surface area (Å²) in [5.41, 5.74) is 16.3. The second-order valence-electron chi connectivity index (χ2n) is 23.5. The summed E-state index contributed by atoms with van der Waals surface area (Å²) in [6.45, 7) is 14.0. The van der Waals surface area contributed by atoms with Crippen LogP contribution in [0.1, 0.15) is 164 Å². The lowest BCUT2D eigenvalue weighted by Gasteiger charge is -2.34. The van der Waals surface area contributed by atoms with Gasteiger partial charge >= 0.3 is 0 Å². The Morgan fingerprint density at radius 1 is 0.909 bits per heavy atom. The molecule has 5 aliphatic rings. The Hall–Kier alpha value is -5.41. The third-order valence-electron chi connectivity index (χ3n) is 16.9. The maximum Gasteiger partial charge on any atom is 0.282 e. The molecule has 15 heteroatoms. The topological polar surface area (TPSA) is 159 Å². The summed E-state index contributed by atoms with van der Waals surface area (Å²) in [5, 5.41) is 6.89. The Kier molecular flexibility index (Phi) is 20.8. The number of aldehydes is 1. The molecule has 3 unspecified atom stereocenters. The van der Waals surface area contributed by atoms with Crippen molar-refractivity contribution in [2.45, 2.75) is 160 Å². The molecule has 0 bridgehead atoms. The Bertz CT molecular complexity index is 2850. The first-order valence-corrected chi connectivity index (χ1v) is 29.4. The van der Waals surface area contributed by atoms with Gasteiger partial charge in [-0.25, -0.2) is 4.98 Å². The largest absolute Gasteiger partial charge is 0.401 e. The molecule has 1 spiro atoms. The average Bonchev–Trinajstić information content (AvgIpc) is 4.28. The summed E-state index contributed by atoms with van der Waals surface area (Å²) in [4.78, 5) is 63.2. The van der Waals surface area contributed by atoms with E-state index in [2.05, 4.69) is 69.2 Å². The van der Waals surface area contributed by atoms with Crippen molar-refractivity contribution in [1.82, 2.24) is 39.9 Å². The van der Waals surface area contributed by atoms with Gasteiger partial charge in [0.2, 0.25) is 12.3 Å². The van der Waals surface area contributed by atoms with Crippen LogP contribution in [0.2, 0.25) is 5.02 Å². The van der Waals surface area contributed by atoms with Crippen molar-refractivity contribution < 1.29 is 14.4 Å². The van der Waals surface area contributed by atoms with Gasteiger partial charge < -0.3 is 35.9 Å². The zero-order valence-electron chi connectivity index (χ0n) is 47.4. The number of piperidine rings is 1. The highest BCUT2D eigenvalue weighted by Crippen LogP contribution is 2.52. The molecule has 2 amide bonds. The van der Waals surface area contributed by atoms with Crippen LogP contribution in [0.3, 0.4) is 0 Å². The summed E-state index contributed by atoms with van der Waals surface area (Å²) in [6.07, 6.45) is 20.9. The van der Waals surface area contributed by atoms with Gasteiger partial charge in [-0.05, 0) is 157 Å². The van der Waals surface area contributed by atoms with E-state index >= 15 is 0 Å². The minimum absolute atomic E-state index is 0.0262. The summed E-state index contributed by atoms with van der Waals surface area (Å²) in [7, 11) is 7.81. The third-order valence-corrected chi connectivity index (χ3v) is 18.2. The van der Waals surface area contributed by atoms with Crippen LogP contribution in [0.25, 0.3) is 27.0 Å². The van der Waals surface area contributed by atoms with E-state index in [9.17, 15) is 19.2 Å². The molecule has 13 nitrogen and oxygen atoms in total. The molecule has 416 valence electrons. The van der Waals surface area contributed by atoms with E-state index in [1.807, 2.05) is 75.8 Å². The number of fused-ring (bicyclic) bond motifs is 7. The molecule has 5 aromatic rings. The summed E-state index contributed by atoms with van der Waals surface area (Å²) >= 11 is 8.08. The Morgan fingerprint density at radius 3 is 2.17 bits per heavy atom. The lowest BCUT2D eigenvalue weighted by Crippen LogP contribution is -2.39. The molecule has 3 atom stereocenters. The highest BCUT2D eigenvalue weighted by Gasteiger charge is 2.46. The first-order valence-electron chi connectivity index (χ1n) is 28.2. The number of carbonyl (C=O) groups is 3. The van der Waals surface area contributed by atoms with Crippen LogP contribution in [0, 0.1) is 18.3 Å². The molecule has 2 aliphatic carbocycles. The maximum absolute atomic E-state index is 13.1. The number of likely N-dealkylation sites (tertiary alicyclic amines) is 2. The standard InChI is InChI=1S/C26H28ClN3O.C16H19N3O2S.C14H26N2O.C6H13N/c1-29-14-10-17(11-15-29)18-8-9-19-22(16-18)30-21-7-5-6-20(27)23(21)24(31)28-25(30)26(19)12-3-2-4-13-26;1-11-16(22-10-18-11)13-6-4-12(5-7-13)14(17-9-20)8-15(21)19(2)3;1-14(2,3)13(10-17)16-9-12(15)11-7-5-4-6-8-11;1-6-4-3-5-7(6)2/h5-9,16-17H,2-4,10-15H2,1H3;4-7,9-10,14H,8H2,1-3H3,(H,17,20);9-11,13,16H,4-8,15H2,1-3H3;6H,3-5H2,1-2H3/b;;12-9-;. The molecular formula is C62H86ClN9O4S. The van der Waals surface area contributed by atoms with Crippen LogP contribution in [-0.2, 0) is 19.8 Å². The number of hydrogen-bond donors (Lipinski definition) is 3. The van der Waals surface area contributed by atoms with E-state index in [1.165, 1.54) is 105 Å². The molecule has 3 aromatic carbocycles. The SMILES string of the molecule is CC(C)(C)C(C=O)N/C=C(\N)C1CCCCC1.CC1CCCN1C.CN1CCC(c2ccc3c(c2)-n2c(nc(=O)c4c(Cl)cccc42)C32CCCCC2)CC1.Cc1ncsc1-c1ccc(C(CC(=O)N(C)C)NC=O)cc1. The number of nitrogens with zero attached hydrogens (tertiary/aromatic N) is 6. The zero-order chi connectivity index (χ0) is 55.4. The van der Waals surface area contributed by atoms with Crippen LogP contribution in [-0.4, -0.2) is 108 Å². The second kappa shape index (κ2) is 27.0. The average molecular weight is 1090 g/mol. The highest BCUT2D eigenvalue weighted by molar-refractivity contribution is 7.13. The second-order valence-corrected chi connectivity index (χ2v) is 24.8. The monoisotopic (exact) mass is 1090 g/mol. The van der Waals surface area contributed by atoms with Gasteiger partial charge in [0, 0.05) is 32.0 Å². The predicted octanol–water partition coefficient (Wildman–Crippen LogP) is 11.5. The highest BCUT2D eigenvalue weighted by atomic mass is 35.5. The summed E-state index contributed by atoms with van der Waals surface area (Å²) in [5.74, 6) is 2.00. The fraction of sp³-hybridized carbons (Fsp3) is 0.548. The van der Waals surface area contributed by atoms with E-state index < -0.39 is 0 Å². The fourth-order valence-corrected chi connectivity index (χ4v) is 12.8. The Balaban J connectivity index is 0.000000164. The molecule has 0 radical (unpaired) electrons. The molecule has 4 fully saturated rings. The molecule has 5 heterocycles. The van der Waals surface area contributed by atoms with Gasteiger partial charge in [-0.3, -0.25) is 19.0 Å². The van der Waals surface area contributed by atoms with Gasteiger partial charge in [0.1, 0.15) is 12.1 Å². The van der Waals surface area contributed by atoms with Crippen molar-refractivity contribution in [2.24, 2.45) is 17.1 Å². The minimum Gasteiger partial charge on any atom is -0.401 e. The van der Waals surface area contributed by atoms with E-state index in [1.54, 1.807) is 31.5 Å². The number of allylic oxidation sites excluding steroid dienone is 1. The van der Waals surface area contributed by atoms with Gasteiger partial charge in [0.25, 0.3) is 5.56 Å². The summed E-state index contributed by atoms with van der Waals surface area (Å²) in [6, 6.07) is 21.1. The molecule has 4 N–H and O–H groups in total. The number of aryl methyl sites for hydroxylation is 1. The molecular weight excluding hydrogens is 1000 g/mol. The Labute approximate surface area is 467 Å². The number of nitrogens with one attached hydrogen (secondary N) is 2. The van der Waals surface area contributed by atoms with Crippen molar-refractivity contribution in [1.29, 1.82) is 0 Å². The first kappa shape index (κ1) is 59.3. The number of amides is 2. The lowest BCUT2D eigenvalue weighted by molar-refractivity contribution is -0.129. The molecule has 2 saturated heterocycles. The smallest absolute Gasteiger partial charge is 0.282 e. The quantitative estimate of drug-likeness (QED) is 0.109. The zero-order valence-corrected chi connectivity index (χ0v) is 48.9. The minimum atomic E-state index is -0.316. The van der Waals surface area contributed by atoms with Crippen molar-refractivity contribution in [2.75, 3.05) is 47.8 Å². The predicted molar refractivity (Wildman–Crippen MR) is 316 cm³/mol. The van der Waals surface area contributed by atoms with Gasteiger partial charge in [-0.2, -0.15) is 4.98 Å². The van der Waals surface area contributed by atoms with Gasteiger partial charge in [-0.1, -0.05) is 113 Å². The van der Waals surface area contributed by atoms with Crippen LogP contribution >= 0.6 is 22.9 Å². The normalized spacial score (nSPS) is 19.5. The number of carbonyl (C=O) groups excluding carboxylic acids is 3. The molecule has 77 heavy (non-hydrogen) atoms. The number of rotatable bonds is 11. The van der Waals surface area contributed by atoms with Gasteiger partial charge in [0.05, 0.1) is 61.6 Å². The molecule has 2 aromatic heterocycles. The van der Waals surface area contributed by atoms with Crippen LogP contribution < -0.4 is 21.9 Å². The van der Waals surface area contributed by atoms with E-state index in [0.717, 1.165) is 77.0 Å². The third kappa shape index (κ3) is 14.5. The molecule has 2 saturated carbocycles. The fourth-order valence-electron chi connectivity index (χ4n) is 11.8. The van der Waals surface area contributed by atoms with Crippen LogP contribution in [0.5, 0.6) is 0 Å². The number of nitrogens with two attached hydrogens (primary N) is 1. The number of thiazole rings is 1. The van der Waals surface area contributed by atoms with Crippen LogP contribution in [0.15, 0.2) is 82.9 Å². The number of aromatic nitrogens is 3. The molecule has 3 aliphatic heterocycles. The van der Waals surface area contributed by atoms with Crippen molar-refractivity contribution in [3.63, 3.8) is 0 Å². The number of benzene rings is 3. The lowest BCUT2D eigenvalue weighted by atomic mass is 9.69. The van der Waals surface area contributed by atoms with E-state index in [-0.39, 0.29) is 40.8 Å². The van der Waals surface area contributed by atoms with E-state index in [4.69, 9.17) is 22.3 Å². The Morgan fingerprint density at radius 2 is 1.60 bits per heavy atom. The van der Waals surface area contributed by atoms with Crippen molar-refractivity contribution >= 4 is 52.4 Å². The van der Waals surface area contributed by atoms with Crippen molar-refractivity contribution in [3.05, 3.63) is 122 Å². The molecule has 10 rings (SSSR count). The number of hydrogen-bond acceptors (Lipinski definition) is 11. The van der Waals surface area contributed by atoms with E-state index in [0.29, 0.717) is 28.7 Å².